The number of hydrogen-bond donors (Lipinski definition) is 0. The zero-order valence-electron chi connectivity index (χ0n) is 11.5. The molecule has 0 aromatic carbocycles. The second kappa shape index (κ2) is 4.51. The van der Waals surface area contributed by atoms with E-state index >= 15 is 0 Å². The normalized spacial score (nSPS) is 27.7. The van der Waals surface area contributed by atoms with E-state index in [2.05, 4.69) is 0 Å². The summed E-state index contributed by atoms with van der Waals surface area (Å²) in [5.41, 5.74) is 0.314. The van der Waals surface area contributed by atoms with Gasteiger partial charge in [0.15, 0.2) is 5.60 Å². The van der Waals surface area contributed by atoms with Gasteiger partial charge in [-0.3, -0.25) is 4.79 Å². The molecule has 106 valence electrons. The summed E-state index contributed by atoms with van der Waals surface area (Å²) in [5.74, 6) is 0.990. The minimum Gasteiger partial charge on any atom is -0.478 e. The Balaban J connectivity index is 2.11. The Morgan fingerprint density at radius 2 is 2.30 bits per heavy atom. The first-order valence-corrected chi connectivity index (χ1v) is 6.68. The van der Waals surface area contributed by atoms with Crippen LogP contribution < -0.4 is 10.4 Å². The molecule has 3 rings (SSSR count). The summed E-state index contributed by atoms with van der Waals surface area (Å²) in [7, 11) is 0. The zero-order valence-corrected chi connectivity index (χ0v) is 11.5. The highest BCUT2D eigenvalue weighted by Crippen LogP contribution is 2.43. The fraction of sp³-hybridized carbons (Fsp3) is 0.467. The summed E-state index contributed by atoms with van der Waals surface area (Å²) >= 11 is 0. The average molecular weight is 276 g/mol. The highest BCUT2D eigenvalue weighted by atomic mass is 16.6. The summed E-state index contributed by atoms with van der Waals surface area (Å²) < 4.78 is 16.3. The molecule has 1 fully saturated rings. The van der Waals surface area contributed by atoms with Crippen molar-refractivity contribution in [2.45, 2.75) is 44.8 Å². The van der Waals surface area contributed by atoms with Gasteiger partial charge in [0.05, 0.1) is 0 Å². The minimum atomic E-state index is -0.702. The third kappa shape index (κ3) is 1.85. The lowest BCUT2D eigenvalue weighted by Gasteiger charge is -2.44. The fourth-order valence-corrected chi connectivity index (χ4v) is 3.03. The zero-order chi connectivity index (χ0) is 14.3. The van der Waals surface area contributed by atoms with Crippen molar-refractivity contribution in [2.24, 2.45) is 0 Å². The first-order valence-electron chi connectivity index (χ1n) is 6.68. The molecule has 2 aliphatic rings. The molecule has 0 unspecified atom stereocenters. The fourth-order valence-electron chi connectivity index (χ4n) is 3.03. The van der Waals surface area contributed by atoms with Crippen molar-refractivity contribution >= 4 is 12.5 Å². The van der Waals surface area contributed by atoms with Crippen molar-refractivity contribution in [3.63, 3.8) is 0 Å². The summed E-state index contributed by atoms with van der Waals surface area (Å²) in [6.45, 7) is 4.06. The lowest BCUT2D eigenvalue weighted by Crippen LogP contribution is -2.51. The van der Waals surface area contributed by atoms with E-state index in [0.717, 1.165) is 24.8 Å². The van der Waals surface area contributed by atoms with Crippen LogP contribution in [0.25, 0.3) is 6.08 Å². The van der Waals surface area contributed by atoms with Crippen molar-refractivity contribution in [1.82, 2.24) is 0 Å². The van der Waals surface area contributed by atoms with Crippen LogP contribution in [0.15, 0.2) is 20.9 Å². The van der Waals surface area contributed by atoms with Gasteiger partial charge in [-0.2, -0.15) is 0 Å². The van der Waals surface area contributed by atoms with E-state index in [0.29, 0.717) is 23.5 Å². The highest BCUT2D eigenvalue weighted by molar-refractivity contribution is 5.64. The van der Waals surface area contributed by atoms with Gasteiger partial charge >= 0.3 is 5.63 Å². The molecule has 0 amide bonds. The molecular formula is C15H16O5. The van der Waals surface area contributed by atoms with Crippen LogP contribution in [0.1, 0.15) is 37.5 Å². The number of carbonyl (C=O) groups excluding carboxylic acids is 1. The number of carbonyl (C=O) groups is 1. The Kier molecular flexibility index (Phi) is 2.92. The molecule has 2 atom stereocenters. The molecule has 0 saturated heterocycles. The number of fused-ring (bicyclic) bond motifs is 2. The van der Waals surface area contributed by atoms with Crippen LogP contribution in [0.5, 0.6) is 5.75 Å². The predicted octanol–water partition coefficient (Wildman–Crippen LogP) is 2.21. The van der Waals surface area contributed by atoms with E-state index in [9.17, 15) is 9.59 Å². The van der Waals surface area contributed by atoms with Crippen molar-refractivity contribution in [2.75, 3.05) is 0 Å². The maximum absolute atomic E-state index is 11.9. The second-order valence-electron chi connectivity index (χ2n) is 5.41. The number of hydrogen-bond acceptors (Lipinski definition) is 5. The standard InChI is InChI=1S/C15H16O5/c1-9-6-12-11(14(17)19-9)7-10-4-3-5-13(18-8-16)15(10,2)20-12/h6-8,13H,3-5H2,1-2H3/t13-,15-/m0/s1. The van der Waals surface area contributed by atoms with Gasteiger partial charge in [0.25, 0.3) is 6.47 Å². The molecule has 2 heterocycles. The van der Waals surface area contributed by atoms with E-state index in [1.165, 1.54) is 0 Å². The molecule has 5 heteroatoms. The van der Waals surface area contributed by atoms with Crippen LogP contribution in [0.3, 0.4) is 0 Å². The maximum atomic E-state index is 11.9. The largest absolute Gasteiger partial charge is 0.478 e. The molecule has 1 aromatic rings. The molecule has 1 aromatic heterocycles. The summed E-state index contributed by atoms with van der Waals surface area (Å²) in [6.07, 6.45) is 3.96. The summed E-state index contributed by atoms with van der Waals surface area (Å²) in [6, 6.07) is 1.70. The van der Waals surface area contributed by atoms with Gasteiger partial charge in [0.2, 0.25) is 0 Å². The Morgan fingerprint density at radius 1 is 1.50 bits per heavy atom. The molecule has 0 N–H and O–H groups in total. The molecule has 1 saturated carbocycles. The molecule has 1 aliphatic heterocycles. The first kappa shape index (κ1) is 13.0. The van der Waals surface area contributed by atoms with Crippen LogP contribution in [-0.2, 0) is 9.53 Å². The monoisotopic (exact) mass is 276 g/mol. The summed E-state index contributed by atoms with van der Waals surface area (Å²) in [5, 5.41) is 0. The highest BCUT2D eigenvalue weighted by Gasteiger charge is 2.46. The quantitative estimate of drug-likeness (QED) is 0.775. The maximum Gasteiger partial charge on any atom is 0.346 e. The Morgan fingerprint density at radius 3 is 3.05 bits per heavy atom. The number of ether oxygens (including phenoxy) is 2. The van der Waals surface area contributed by atoms with Crippen LogP contribution in [-0.4, -0.2) is 18.2 Å². The third-order valence-corrected chi connectivity index (χ3v) is 4.10. The molecular weight excluding hydrogens is 260 g/mol. The number of aryl methyl sites for hydroxylation is 1. The molecule has 1 aliphatic carbocycles. The van der Waals surface area contributed by atoms with Crippen molar-refractivity contribution in [3.8, 4) is 5.75 Å². The van der Waals surface area contributed by atoms with Gasteiger partial charge in [-0.1, -0.05) is 0 Å². The van der Waals surface area contributed by atoms with E-state index in [1.807, 2.05) is 13.0 Å². The van der Waals surface area contributed by atoms with E-state index in [-0.39, 0.29) is 6.10 Å². The molecule has 0 spiro atoms. The van der Waals surface area contributed by atoms with Crippen LogP contribution in [0.2, 0.25) is 0 Å². The van der Waals surface area contributed by atoms with Gasteiger partial charge < -0.3 is 13.9 Å². The van der Waals surface area contributed by atoms with Crippen molar-refractivity contribution in [3.05, 3.63) is 33.4 Å². The smallest absolute Gasteiger partial charge is 0.346 e. The van der Waals surface area contributed by atoms with Crippen LogP contribution >= 0.6 is 0 Å². The first-order chi connectivity index (χ1) is 9.54. The summed E-state index contributed by atoms with van der Waals surface area (Å²) in [4.78, 5) is 22.6. The second-order valence-corrected chi connectivity index (χ2v) is 5.41. The minimum absolute atomic E-state index is 0.333. The molecule has 0 bridgehead atoms. The van der Waals surface area contributed by atoms with Crippen molar-refractivity contribution < 1.29 is 18.7 Å². The lowest BCUT2D eigenvalue weighted by molar-refractivity contribution is -0.145. The van der Waals surface area contributed by atoms with Gasteiger partial charge in [0, 0.05) is 6.07 Å². The van der Waals surface area contributed by atoms with Crippen molar-refractivity contribution in [1.29, 1.82) is 0 Å². The predicted molar refractivity (Wildman–Crippen MR) is 71.5 cm³/mol. The molecule has 5 nitrogen and oxygen atoms in total. The molecule has 20 heavy (non-hydrogen) atoms. The topological polar surface area (TPSA) is 65.7 Å². The van der Waals surface area contributed by atoms with Gasteiger partial charge in [-0.15, -0.1) is 0 Å². The average Bonchev–Trinajstić information content (AvgIpc) is 2.38. The number of rotatable bonds is 2. The van der Waals surface area contributed by atoms with E-state index in [4.69, 9.17) is 13.9 Å². The Labute approximate surface area is 116 Å². The Bertz CT molecular complexity index is 642. The lowest BCUT2D eigenvalue weighted by atomic mass is 9.77. The van der Waals surface area contributed by atoms with Gasteiger partial charge in [-0.05, 0) is 44.8 Å². The van der Waals surface area contributed by atoms with Crippen LogP contribution in [0, 0.1) is 6.92 Å². The van der Waals surface area contributed by atoms with Crippen LogP contribution in [0.4, 0.5) is 0 Å². The molecule has 0 radical (unpaired) electrons. The third-order valence-electron chi connectivity index (χ3n) is 4.10. The van der Waals surface area contributed by atoms with E-state index in [1.54, 1.807) is 13.0 Å². The van der Waals surface area contributed by atoms with Gasteiger partial charge in [0.1, 0.15) is 23.2 Å². The van der Waals surface area contributed by atoms with E-state index < -0.39 is 11.2 Å². The Hall–Kier alpha value is -2.04. The van der Waals surface area contributed by atoms with Gasteiger partial charge in [-0.25, -0.2) is 4.79 Å². The SMILES string of the molecule is Cc1cc2c(c(=O)o1)C=C1CCC[C@H](OC=O)[C@@]1(C)O2.